The second-order valence-corrected chi connectivity index (χ2v) is 16.0. The third-order valence-corrected chi connectivity index (χ3v) is 10.5. The molecule has 0 spiro atoms. The zero-order valence-corrected chi connectivity index (χ0v) is 34.9. The van der Waals surface area contributed by atoms with Gasteiger partial charge in [-0.15, -0.1) is 0 Å². The van der Waals surface area contributed by atoms with Crippen molar-refractivity contribution in [3.63, 3.8) is 0 Å². The van der Waals surface area contributed by atoms with Gasteiger partial charge in [0.2, 0.25) is 0 Å². The molecule has 7 rings (SSSR count). The summed E-state index contributed by atoms with van der Waals surface area (Å²) in [7, 11) is 0. The van der Waals surface area contributed by atoms with Crippen molar-refractivity contribution in [1.82, 2.24) is 15.0 Å². The fourth-order valence-electron chi connectivity index (χ4n) is 7.32. The van der Waals surface area contributed by atoms with E-state index in [9.17, 15) is 18.0 Å². The monoisotopic (exact) mass is 838 g/mol. The Bertz CT molecular complexity index is 2300. The maximum atomic E-state index is 15.2. The van der Waals surface area contributed by atoms with Crippen LogP contribution in [0.3, 0.4) is 0 Å². The number of anilines is 5. The number of aromatic nitrogens is 3. The molecule has 3 aromatic heterocycles. The number of esters is 1. The Balaban J connectivity index is 0.000000244. The zero-order chi connectivity index (χ0) is 42.4. The highest BCUT2D eigenvalue weighted by Gasteiger charge is 2.24. The number of pyridine rings is 3. The molecule has 59 heavy (non-hydrogen) atoms. The van der Waals surface area contributed by atoms with E-state index in [2.05, 4.69) is 30.1 Å². The molecule has 0 bridgehead atoms. The third-order valence-electron chi connectivity index (χ3n) is 10.1. The Morgan fingerprint density at radius 3 is 2.17 bits per heavy atom. The molecule has 0 aliphatic carbocycles. The molecule has 0 amide bonds. The normalized spacial score (nSPS) is 14.6. The molecule has 5 aromatic rings. The lowest BCUT2D eigenvalue weighted by molar-refractivity contribution is -0.154. The summed E-state index contributed by atoms with van der Waals surface area (Å²) in [4.78, 5) is 32.1. The average Bonchev–Trinajstić information content (AvgIpc) is 3.19. The van der Waals surface area contributed by atoms with E-state index in [1.165, 1.54) is 18.6 Å². The number of nitrogens with one attached hydrogen (secondary N) is 1. The number of halogens is 5. The summed E-state index contributed by atoms with van der Waals surface area (Å²) in [5, 5.41) is 4.03. The number of benzene rings is 2. The number of hydrogen-bond donors (Lipinski definition) is 2. The van der Waals surface area contributed by atoms with Gasteiger partial charge in [-0.3, -0.25) is 4.79 Å². The van der Waals surface area contributed by atoms with Crippen LogP contribution in [0.5, 0.6) is 0 Å². The lowest BCUT2D eigenvalue weighted by Crippen LogP contribution is -2.36. The number of carbonyl (C=O) groups is 1. The predicted molar refractivity (Wildman–Crippen MR) is 226 cm³/mol. The van der Waals surface area contributed by atoms with E-state index >= 15 is 4.39 Å². The number of piperidine rings is 1. The van der Waals surface area contributed by atoms with Gasteiger partial charge in [-0.1, -0.05) is 11.6 Å². The van der Waals surface area contributed by atoms with Crippen molar-refractivity contribution in [2.45, 2.75) is 65.9 Å². The standard InChI is InChI=1S/C28H36F2N6O3.C15H15ClF2N2/c1-18-26(33-20-5-8-32-23(17-20)35-11-13-38-14-12-35)25-21(30)15-19(29)16-22(25)34-27(18)36(10-7-31)9-6-24(37)39-28(2,3)4;1-9-14(16)13-11(18)7-10(17)8-12(13)19-15(9)20-5-3-2-4-6-20/h5,8,15-17H,6-7,9-14,31H2,1-4H3,(H,32,33,34);7-8H,2-6H2,1H3. The first kappa shape index (κ1) is 43.6. The topological polar surface area (TPSA) is 122 Å². The molecule has 0 atom stereocenters. The molecule has 0 saturated carbocycles. The van der Waals surface area contributed by atoms with Crippen molar-refractivity contribution in [2.75, 3.05) is 79.0 Å². The number of morpholine rings is 1. The average molecular weight is 839 g/mol. The lowest BCUT2D eigenvalue weighted by Gasteiger charge is -2.29. The minimum absolute atomic E-state index is 0.101. The number of hydrogen-bond acceptors (Lipinski definition) is 11. The maximum Gasteiger partial charge on any atom is 0.308 e. The van der Waals surface area contributed by atoms with Crippen molar-refractivity contribution < 1.29 is 31.8 Å². The van der Waals surface area contributed by atoms with Gasteiger partial charge in [-0.05, 0) is 59.9 Å². The minimum atomic E-state index is -0.731. The largest absolute Gasteiger partial charge is 0.460 e. The van der Waals surface area contributed by atoms with E-state index < -0.39 is 28.9 Å². The van der Waals surface area contributed by atoms with Gasteiger partial charge >= 0.3 is 5.97 Å². The summed E-state index contributed by atoms with van der Waals surface area (Å²) in [5.74, 6) is -1.11. The summed E-state index contributed by atoms with van der Waals surface area (Å²) in [6, 6.07) is 7.80. The van der Waals surface area contributed by atoms with Gasteiger partial charge in [0.05, 0.1) is 52.2 Å². The Morgan fingerprint density at radius 2 is 1.53 bits per heavy atom. The van der Waals surface area contributed by atoms with Crippen LogP contribution in [0.4, 0.5) is 46.4 Å². The number of fused-ring (bicyclic) bond motifs is 2. The molecular weight excluding hydrogens is 788 g/mol. The molecule has 3 N–H and O–H groups in total. The molecule has 0 unspecified atom stereocenters. The van der Waals surface area contributed by atoms with Gasteiger partial charge in [0, 0.05) is 99.2 Å². The van der Waals surface area contributed by atoms with Crippen LogP contribution >= 0.6 is 11.6 Å². The summed E-state index contributed by atoms with van der Waals surface area (Å²) in [5.41, 5.74) is 8.24. The fraction of sp³-hybridized carbons (Fsp3) is 0.442. The highest BCUT2D eigenvalue weighted by atomic mass is 35.5. The van der Waals surface area contributed by atoms with E-state index in [1.807, 2.05) is 45.6 Å². The summed E-state index contributed by atoms with van der Waals surface area (Å²) in [6.45, 7) is 14.5. The van der Waals surface area contributed by atoms with Gasteiger partial charge in [0.1, 0.15) is 46.3 Å². The Hall–Kier alpha value is -4.99. The van der Waals surface area contributed by atoms with E-state index in [1.54, 1.807) is 12.3 Å². The van der Waals surface area contributed by atoms with Crippen molar-refractivity contribution in [3.05, 3.63) is 82.0 Å². The van der Waals surface area contributed by atoms with Gasteiger partial charge in [-0.2, -0.15) is 0 Å². The molecule has 2 aromatic carbocycles. The number of ether oxygens (including phenoxy) is 2. The highest BCUT2D eigenvalue weighted by molar-refractivity contribution is 6.36. The minimum Gasteiger partial charge on any atom is -0.460 e. The van der Waals surface area contributed by atoms with Crippen LogP contribution in [0.15, 0.2) is 42.6 Å². The predicted octanol–water partition coefficient (Wildman–Crippen LogP) is 8.76. The fourth-order valence-corrected chi connectivity index (χ4v) is 7.60. The summed E-state index contributed by atoms with van der Waals surface area (Å²) >= 11 is 6.28. The maximum absolute atomic E-state index is 15.2. The second-order valence-electron chi connectivity index (χ2n) is 15.7. The van der Waals surface area contributed by atoms with E-state index in [-0.39, 0.29) is 40.7 Å². The van der Waals surface area contributed by atoms with Crippen molar-refractivity contribution in [3.8, 4) is 0 Å². The molecule has 11 nitrogen and oxygen atoms in total. The first-order valence-electron chi connectivity index (χ1n) is 19.8. The first-order valence-corrected chi connectivity index (χ1v) is 20.2. The molecule has 16 heteroatoms. The van der Waals surface area contributed by atoms with Crippen LogP contribution in [0, 0.1) is 37.1 Å². The lowest BCUT2D eigenvalue weighted by atomic mass is 10.1. The Kier molecular flexibility index (Phi) is 14.0. The number of rotatable bonds is 10. The van der Waals surface area contributed by atoms with Gasteiger partial charge in [0.15, 0.2) is 0 Å². The van der Waals surface area contributed by atoms with Crippen LogP contribution in [-0.4, -0.2) is 85.5 Å². The molecule has 316 valence electrons. The summed E-state index contributed by atoms with van der Waals surface area (Å²) < 4.78 is 67.6. The summed E-state index contributed by atoms with van der Waals surface area (Å²) in [6.07, 6.45) is 5.21. The number of nitrogens with two attached hydrogens (primary N) is 1. The zero-order valence-electron chi connectivity index (χ0n) is 34.1. The molecule has 2 aliphatic heterocycles. The Labute approximate surface area is 346 Å². The molecule has 2 saturated heterocycles. The van der Waals surface area contributed by atoms with Crippen LogP contribution < -0.4 is 25.8 Å². The quantitative estimate of drug-likeness (QED) is 0.104. The Morgan fingerprint density at radius 1 is 0.881 bits per heavy atom. The van der Waals surface area contributed by atoms with Gasteiger partial charge in [0.25, 0.3) is 0 Å². The highest BCUT2D eigenvalue weighted by Crippen LogP contribution is 2.38. The van der Waals surface area contributed by atoms with Crippen LogP contribution in [0.1, 0.15) is 57.6 Å². The number of nitrogens with zero attached hydrogens (tertiary/aromatic N) is 6. The second kappa shape index (κ2) is 18.9. The van der Waals surface area contributed by atoms with E-state index in [4.69, 9.17) is 26.8 Å². The molecule has 2 aliphatic rings. The van der Waals surface area contributed by atoms with Crippen molar-refractivity contribution >= 4 is 68.2 Å². The molecular formula is C43H51ClF4N8O3. The van der Waals surface area contributed by atoms with Crippen LogP contribution in [0.25, 0.3) is 21.8 Å². The van der Waals surface area contributed by atoms with Crippen LogP contribution in [0.2, 0.25) is 5.02 Å². The van der Waals surface area contributed by atoms with E-state index in [0.29, 0.717) is 54.1 Å². The SMILES string of the molecule is Cc1c(N(CCN)CCC(=O)OC(C)(C)C)nc2cc(F)cc(F)c2c1Nc1ccnc(N2CCOCC2)c1.Cc1c(N2CCCCC2)nc2cc(F)cc(F)c2c1Cl. The molecule has 2 fully saturated rings. The smallest absolute Gasteiger partial charge is 0.308 e. The van der Waals surface area contributed by atoms with E-state index in [0.717, 1.165) is 68.4 Å². The molecule has 5 heterocycles. The number of carbonyl (C=O) groups excluding carboxylic acids is 1. The first-order chi connectivity index (χ1) is 28.1. The van der Waals surface area contributed by atoms with Gasteiger partial charge in [-0.25, -0.2) is 32.5 Å². The van der Waals surface area contributed by atoms with Crippen LogP contribution in [-0.2, 0) is 14.3 Å². The van der Waals surface area contributed by atoms with Gasteiger partial charge < -0.3 is 35.2 Å². The molecule has 0 radical (unpaired) electrons. The van der Waals surface area contributed by atoms with Crippen molar-refractivity contribution in [2.24, 2.45) is 5.73 Å². The van der Waals surface area contributed by atoms with Crippen molar-refractivity contribution in [1.29, 1.82) is 0 Å². The third kappa shape index (κ3) is 10.6.